The molecule has 1 amide bonds. The van der Waals surface area contributed by atoms with E-state index >= 15 is 0 Å². The summed E-state index contributed by atoms with van der Waals surface area (Å²) in [6.45, 7) is 1.67. The summed E-state index contributed by atoms with van der Waals surface area (Å²) in [6, 6.07) is 0. The molecule has 0 aromatic carbocycles. The SMILES string of the molecule is NCC1CCCCC1C(=O)N1CCC(OCC(=O)O)CC1. The second kappa shape index (κ2) is 7.75. The van der Waals surface area contributed by atoms with Crippen LogP contribution in [0.15, 0.2) is 0 Å². The Balaban J connectivity index is 1.80. The van der Waals surface area contributed by atoms with Crippen LogP contribution in [-0.4, -0.2) is 54.2 Å². The van der Waals surface area contributed by atoms with Gasteiger partial charge in [0.25, 0.3) is 0 Å². The predicted molar refractivity (Wildman–Crippen MR) is 77.7 cm³/mol. The second-order valence-corrected chi connectivity index (χ2v) is 6.12. The maximum atomic E-state index is 12.6. The number of piperidine rings is 1. The van der Waals surface area contributed by atoms with Gasteiger partial charge in [-0.2, -0.15) is 0 Å². The summed E-state index contributed by atoms with van der Waals surface area (Å²) in [5.74, 6) is -0.296. The van der Waals surface area contributed by atoms with Crippen molar-refractivity contribution in [2.45, 2.75) is 44.6 Å². The quantitative estimate of drug-likeness (QED) is 0.784. The van der Waals surface area contributed by atoms with Crippen LogP contribution >= 0.6 is 0 Å². The van der Waals surface area contributed by atoms with Crippen LogP contribution in [0.4, 0.5) is 0 Å². The molecule has 0 spiro atoms. The lowest BCUT2D eigenvalue weighted by Gasteiger charge is -2.37. The molecule has 1 aliphatic heterocycles. The van der Waals surface area contributed by atoms with Gasteiger partial charge in [0.1, 0.15) is 6.61 Å². The molecule has 6 heteroatoms. The van der Waals surface area contributed by atoms with Crippen molar-refractivity contribution in [2.75, 3.05) is 26.2 Å². The van der Waals surface area contributed by atoms with Gasteiger partial charge in [0.05, 0.1) is 6.10 Å². The number of carboxylic acid groups (broad SMARTS) is 1. The molecule has 2 aliphatic rings. The van der Waals surface area contributed by atoms with E-state index in [0.717, 1.165) is 32.1 Å². The van der Waals surface area contributed by atoms with E-state index in [1.165, 1.54) is 6.42 Å². The minimum Gasteiger partial charge on any atom is -0.480 e. The smallest absolute Gasteiger partial charge is 0.329 e. The van der Waals surface area contributed by atoms with Gasteiger partial charge in [-0.25, -0.2) is 4.79 Å². The number of carbonyl (C=O) groups excluding carboxylic acids is 1. The molecule has 3 N–H and O–H groups in total. The summed E-state index contributed by atoms with van der Waals surface area (Å²) < 4.78 is 5.30. The number of amides is 1. The van der Waals surface area contributed by atoms with Crippen molar-refractivity contribution in [3.05, 3.63) is 0 Å². The lowest BCUT2D eigenvalue weighted by Crippen LogP contribution is -2.47. The molecule has 1 saturated heterocycles. The highest BCUT2D eigenvalue weighted by Crippen LogP contribution is 2.31. The average molecular weight is 298 g/mol. The molecule has 0 bridgehead atoms. The highest BCUT2D eigenvalue weighted by Gasteiger charge is 2.34. The fourth-order valence-electron chi connectivity index (χ4n) is 3.48. The molecule has 2 rings (SSSR count). The van der Waals surface area contributed by atoms with Crippen molar-refractivity contribution in [3.8, 4) is 0 Å². The topological polar surface area (TPSA) is 92.9 Å². The second-order valence-electron chi connectivity index (χ2n) is 6.12. The molecule has 2 atom stereocenters. The molecule has 2 fully saturated rings. The number of hydrogen-bond donors (Lipinski definition) is 2. The van der Waals surface area contributed by atoms with E-state index in [-0.39, 0.29) is 24.5 Å². The number of rotatable bonds is 5. The van der Waals surface area contributed by atoms with Crippen LogP contribution in [-0.2, 0) is 14.3 Å². The molecule has 0 aromatic rings. The van der Waals surface area contributed by atoms with Crippen molar-refractivity contribution < 1.29 is 19.4 Å². The van der Waals surface area contributed by atoms with Gasteiger partial charge < -0.3 is 20.5 Å². The summed E-state index contributed by atoms with van der Waals surface area (Å²) in [4.78, 5) is 25.0. The number of likely N-dealkylation sites (tertiary alicyclic amines) is 1. The summed E-state index contributed by atoms with van der Waals surface area (Å²) >= 11 is 0. The van der Waals surface area contributed by atoms with E-state index in [1.807, 2.05) is 4.90 Å². The minimum atomic E-state index is -0.943. The van der Waals surface area contributed by atoms with Crippen LogP contribution in [0.3, 0.4) is 0 Å². The molecule has 0 radical (unpaired) electrons. The van der Waals surface area contributed by atoms with Gasteiger partial charge in [-0.1, -0.05) is 12.8 Å². The number of hydrogen-bond acceptors (Lipinski definition) is 4. The van der Waals surface area contributed by atoms with Crippen LogP contribution in [0.1, 0.15) is 38.5 Å². The summed E-state index contributed by atoms with van der Waals surface area (Å²) in [5.41, 5.74) is 5.80. The minimum absolute atomic E-state index is 0.0400. The van der Waals surface area contributed by atoms with Crippen molar-refractivity contribution >= 4 is 11.9 Å². The highest BCUT2D eigenvalue weighted by molar-refractivity contribution is 5.79. The van der Waals surface area contributed by atoms with E-state index in [1.54, 1.807) is 0 Å². The Morgan fingerprint density at radius 1 is 1.14 bits per heavy atom. The number of carbonyl (C=O) groups is 2. The van der Waals surface area contributed by atoms with Crippen LogP contribution < -0.4 is 5.73 Å². The molecule has 1 saturated carbocycles. The zero-order valence-electron chi connectivity index (χ0n) is 12.5. The molecule has 1 heterocycles. The van der Waals surface area contributed by atoms with Gasteiger partial charge in [-0.05, 0) is 38.1 Å². The molecule has 2 unspecified atom stereocenters. The summed E-state index contributed by atoms with van der Waals surface area (Å²) in [7, 11) is 0. The van der Waals surface area contributed by atoms with E-state index < -0.39 is 5.97 Å². The maximum absolute atomic E-state index is 12.6. The largest absolute Gasteiger partial charge is 0.480 e. The maximum Gasteiger partial charge on any atom is 0.329 e. The number of aliphatic carboxylic acids is 1. The lowest BCUT2D eigenvalue weighted by molar-refractivity contribution is -0.148. The third kappa shape index (κ3) is 4.41. The van der Waals surface area contributed by atoms with E-state index in [9.17, 15) is 9.59 Å². The Labute approximate surface area is 125 Å². The fraction of sp³-hybridized carbons (Fsp3) is 0.867. The summed E-state index contributed by atoms with van der Waals surface area (Å²) in [6.07, 6.45) is 5.71. The zero-order chi connectivity index (χ0) is 15.2. The first-order valence-electron chi connectivity index (χ1n) is 7.94. The van der Waals surface area contributed by atoms with Crippen molar-refractivity contribution in [2.24, 2.45) is 17.6 Å². The van der Waals surface area contributed by atoms with Gasteiger partial charge in [0.2, 0.25) is 5.91 Å². The number of ether oxygens (including phenoxy) is 1. The van der Waals surface area contributed by atoms with Gasteiger partial charge in [0.15, 0.2) is 0 Å². The lowest BCUT2D eigenvalue weighted by atomic mass is 9.78. The van der Waals surface area contributed by atoms with Gasteiger partial charge in [-0.15, -0.1) is 0 Å². The van der Waals surface area contributed by atoms with Crippen molar-refractivity contribution in [3.63, 3.8) is 0 Å². The molecule has 21 heavy (non-hydrogen) atoms. The number of nitrogens with zero attached hydrogens (tertiary/aromatic N) is 1. The Bertz CT molecular complexity index is 367. The van der Waals surface area contributed by atoms with E-state index in [0.29, 0.717) is 25.6 Å². The Kier molecular flexibility index (Phi) is 5.99. The fourth-order valence-corrected chi connectivity index (χ4v) is 3.48. The Morgan fingerprint density at radius 2 is 1.81 bits per heavy atom. The normalized spacial score (nSPS) is 27.6. The van der Waals surface area contributed by atoms with Crippen LogP contribution in [0, 0.1) is 11.8 Å². The zero-order valence-corrected chi connectivity index (χ0v) is 12.5. The molecular formula is C15H26N2O4. The third-order valence-corrected chi connectivity index (χ3v) is 4.73. The molecular weight excluding hydrogens is 272 g/mol. The molecule has 0 aromatic heterocycles. The summed E-state index contributed by atoms with van der Waals surface area (Å²) in [5, 5.41) is 8.61. The molecule has 1 aliphatic carbocycles. The number of carboxylic acids is 1. The first kappa shape index (κ1) is 16.2. The van der Waals surface area contributed by atoms with Crippen LogP contribution in [0.5, 0.6) is 0 Å². The number of nitrogens with two attached hydrogens (primary N) is 1. The molecule has 6 nitrogen and oxygen atoms in total. The van der Waals surface area contributed by atoms with Crippen LogP contribution in [0.2, 0.25) is 0 Å². The van der Waals surface area contributed by atoms with Crippen LogP contribution in [0.25, 0.3) is 0 Å². The molecule has 120 valence electrons. The predicted octanol–water partition coefficient (Wildman–Crippen LogP) is 0.844. The van der Waals surface area contributed by atoms with Crippen molar-refractivity contribution in [1.82, 2.24) is 4.90 Å². The Hall–Kier alpha value is -1.14. The van der Waals surface area contributed by atoms with E-state index in [4.69, 9.17) is 15.6 Å². The third-order valence-electron chi connectivity index (χ3n) is 4.73. The van der Waals surface area contributed by atoms with Gasteiger partial charge in [0, 0.05) is 19.0 Å². The average Bonchev–Trinajstić information content (AvgIpc) is 2.52. The Morgan fingerprint density at radius 3 is 2.43 bits per heavy atom. The first-order valence-corrected chi connectivity index (χ1v) is 7.94. The highest BCUT2D eigenvalue weighted by atomic mass is 16.5. The standard InChI is InChI=1S/C15H26N2O4/c16-9-11-3-1-2-4-13(11)15(20)17-7-5-12(6-8-17)21-10-14(18)19/h11-13H,1-10,16H2,(H,18,19). The van der Waals surface area contributed by atoms with E-state index in [2.05, 4.69) is 0 Å². The van der Waals surface area contributed by atoms with Gasteiger partial charge in [-0.3, -0.25) is 4.79 Å². The monoisotopic (exact) mass is 298 g/mol. The van der Waals surface area contributed by atoms with Gasteiger partial charge >= 0.3 is 5.97 Å². The van der Waals surface area contributed by atoms with Crippen molar-refractivity contribution in [1.29, 1.82) is 0 Å². The first-order chi connectivity index (χ1) is 10.1.